The lowest BCUT2D eigenvalue weighted by molar-refractivity contribution is -0.120. The van der Waals surface area contributed by atoms with E-state index in [9.17, 15) is 9.90 Å². The second-order valence-electron chi connectivity index (χ2n) is 3.89. The normalized spacial score (nSPS) is 13.7. The molecule has 1 N–H and O–H groups in total. The van der Waals surface area contributed by atoms with Crippen LogP contribution < -0.4 is 0 Å². The van der Waals surface area contributed by atoms with Gasteiger partial charge in [-0.2, -0.15) is 0 Å². The Kier molecular flexibility index (Phi) is 3.45. The van der Waals surface area contributed by atoms with Gasteiger partial charge in [-0.1, -0.05) is 41.9 Å². The Labute approximate surface area is 92.1 Å². The maximum atomic E-state index is 10.7. The molecule has 0 amide bonds. The Morgan fingerprint density at radius 2 is 1.86 bits per heavy atom. The Bertz CT molecular complexity index is 317. The van der Waals surface area contributed by atoms with Crippen LogP contribution in [0, 0.1) is 5.41 Å². The third kappa shape index (κ3) is 2.42. The average molecular weight is 257 g/mol. The molecule has 0 spiro atoms. The van der Waals surface area contributed by atoms with E-state index in [4.69, 9.17) is 0 Å². The maximum absolute atomic E-state index is 10.7. The third-order valence-electron chi connectivity index (χ3n) is 2.19. The Hall–Kier alpha value is -0.670. The molecular formula is C11H13BrO2. The fourth-order valence-corrected chi connectivity index (χ4v) is 1.40. The topological polar surface area (TPSA) is 37.3 Å². The zero-order valence-corrected chi connectivity index (χ0v) is 9.78. The van der Waals surface area contributed by atoms with Crippen LogP contribution >= 0.6 is 15.9 Å². The molecule has 1 atom stereocenters. The summed E-state index contributed by atoms with van der Waals surface area (Å²) in [6.45, 7) is 3.43. The molecule has 1 rings (SSSR count). The van der Waals surface area contributed by atoms with Crippen molar-refractivity contribution in [2.24, 2.45) is 5.41 Å². The van der Waals surface area contributed by atoms with Crippen LogP contribution in [0.3, 0.4) is 0 Å². The van der Waals surface area contributed by atoms with E-state index >= 15 is 0 Å². The minimum absolute atomic E-state index is 0.742. The number of rotatable bonds is 3. The van der Waals surface area contributed by atoms with E-state index in [1.54, 1.807) is 26.0 Å². The van der Waals surface area contributed by atoms with Gasteiger partial charge in [0.15, 0.2) is 0 Å². The van der Waals surface area contributed by atoms with Gasteiger partial charge in [0, 0.05) is 4.47 Å². The third-order valence-corrected chi connectivity index (χ3v) is 2.72. The summed E-state index contributed by atoms with van der Waals surface area (Å²) in [6, 6.07) is 7.30. The summed E-state index contributed by atoms with van der Waals surface area (Å²) in [6.07, 6.45) is 0.0211. The van der Waals surface area contributed by atoms with Crippen molar-refractivity contribution in [2.45, 2.75) is 20.0 Å². The molecule has 0 fully saturated rings. The predicted octanol–water partition coefficient (Wildman–Crippen LogP) is 2.71. The molecule has 0 saturated carbocycles. The first-order chi connectivity index (χ1) is 6.47. The number of aldehydes is 1. The van der Waals surface area contributed by atoms with Gasteiger partial charge in [0.05, 0.1) is 11.5 Å². The molecule has 0 radical (unpaired) electrons. The highest BCUT2D eigenvalue weighted by Gasteiger charge is 2.28. The standard InChI is InChI=1S/C11H13BrO2/c1-11(2,7-13)10(14)8-3-5-9(12)6-4-8/h3-7,10,14H,1-2H3/t10-/m0/s1. The van der Waals surface area contributed by atoms with Gasteiger partial charge >= 0.3 is 0 Å². The van der Waals surface area contributed by atoms with Crippen LogP contribution in [0.1, 0.15) is 25.5 Å². The van der Waals surface area contributed by atoms with E-state index in [1.807, 2.05) is 12.1 Å². The predicted molar refractivity (Wildman–Crippen MR) is 58.9 cm³/mol. The molecule has 0 heterocycles. The van der Waals surface area contributed by atoms with Gasteiger partial charge < -0.3 is 9.90 Å². The van der Waals surface area contributed by atoms with Crippen molar-refractivity contribution in [3.8, 4) is 0 Å². The lowest BCUT2D eigenvalue weighted by Gasteiger charge is -2.24. The van der Waals surface area contributed by atoms with Crippen LogP contribution in [0.5, 0.6) is 0 Å². The number of aliphatic hydroxyl groups excluding tert-OH is 1. The Morgan fingerprint density at radius 3 is 2.29 bits per heavy atom. The lowest BCUT2D eigenvalue weighted by Crippen LogP contribution is -2.23. The number of hydrogen-bond acceptors (Lipinski definition) is 2. The number of hydrogen-bond donors (Lipinski definition) is 1. The first-order valence-corrected chi connectivity index (χ1v) is 5.16. The minimum Gasteiger partial charge on any atom is -0.387 e. The fourth-order valence-electron chi connectivity index (χ4n) is 1.14. The van der Waals surface area contributed by atoms with Crippen molar-refractivity contribution in [2.75, 3.05) is 0 Å². The van der Waals surface area contributed by atoms with Crippen molar-refractivity contribution >= 4 is 22.2 Å². The van der Waals surface area contributed by atoms with E-state index < -0.39 is 11.5 Å². The number of carbonyl (C=O) groups excluding carboxylic acids is 1. The summed E-state index contributed by atoms with van der Waals surface area (Å²) in [5.74, 6) is 0. The Balaban J connectivity index is 2.95. The number of carbonyl (C=O) groups is 1. The molecule has 0 saturated heterocycles. The SMILES string of the molecule is CC(C)(C=O)[C@@H](O)c1ccc(Br)cc1. The molecule has 0 aliphatic rings. The van der Waals surface area contributed by atoms with Crippen LogP contribution in [0.4, 0.5) is 0 Å². The van der Waals surface area contributed by atoms with Crippen LogP contribution in [0.2, 0.25) is 0 Å². The van der Waals surface area contributed by atoms with Gasteiger partial charge in [0.2, 0.25) is 0 Å². The first kappa shape index (κ1) is 11.4. The average Bonchev–Trinajstić information content (AvgIpc) is 2.18. The highest BCUT2D eigenvalue weighted by atomic mass is 79.9. The first-order valence-electron chi connectivity index (χ1n) is 4.37. The minimum atomic E-state index is -0.756. The second kappa shape index (κ2) is 4.24. The molecular weight excluding hydrogens is 244 g/mol. The summed E-state index contributed by atoms with van der Waals surface area (Å²) in [4.78, 5) is 10.7. The van der Waals surface area contributed by atoms with Gasteiger partial charge in [0.1, 0.15) is 6.29 Å². The molecule has 76 valence electrons. The van der Waals surface area contributed by atoms with E-state index in [0.29, 0.717) is 0 Å². The van der Waals surface area contributed by atoms with Crippen LogP contribution in [0.25, 0.3) is 0 Å². The summed E-state index contributed by atoms with van der Waals surface area (Å²) in [5.41, 5.74) is 0.0127. The van der Waals surface area contributed by atoms with Crippen molar-refractivity contribution in [3.63, 3.8) is 0 Å². The number of halogens is 1. The van der Waals surface area contributed by atoms with Crippen molar-refractivity contribution < 1.29 is 9.90 Å². The highest BCUT2D eigenvalue weighted by molar-refractivity contribution is 9.10. The molecule has 0 unspecified atom stereocenters. The van der Waals surface area contributed by atoms with Gasteiger partial charge in [0.25, 0.3) is 0 Å². The molecule has 0 aliphatic carbocycles. The van der Waals surface area contributed by atoms with E-state index in [1.165, 1.54) is 0 Å². The lowest BCUT2D eigenvalue weighted by atomic mass is 9.84. The fraction of sp³-hybridized carbons (Fsp3) is 0.364. The largest absolute Gasteiger partial charge is 0.387 e. The van der Waals surface area contributed by atoms with E-state index in [-0.39, 0.29) is 0 Å². The van der Waals surface area contributed by atoms with Crippen molar-refractivity contribution in [1.29, 1.82) is 0 Å². The van der Waals surface area contributed by atoms with Crippen LogP contribution in [0.15, 0.2) is 28.7 Å². The summed E-state index contributed by atoms with van der Waals surface area (Å²) < 4.78 is 0.956. The number of benzene rings is 1. The second-order valence-corrected chi connectivity index (χ2v) is 4.81. The van der Waals surface area contributed by atoms with E-state index in [0.717, 1.165) is 16.3 Å². The molecule has 14 heavy (non-hydrogen) atoms. The van der Waals surface area contributed by atoms with E-state index in [2.05, 4.69) is 15.9 Å². The monoisotopic (exact) mass is 256 g/mol. The van der Waals surface area contributed by atoms with Crippen LogP contribution in [-0.4, -0.2) is 11.4 Å². The molecule has 0 bridgehead atoms. The summed E-state index contributed by atoms with van der Waals surface area (Å²) >= 11 is 3.31. The van der Waals surface area contributed by atoms with Gasteiger partial charge in [-0.25, -0.2) is 0 Å². The van der Waals surface area contributed by atoms with Gasteiger partial charge in [-0.15, -0.1) is 0 Å². The molecule has 1 aromatic carbocycles. The zero-order chi connectivity index (χ0) is 10.8. The van der Waals surface area contributed by atoms with Gasteiger partial charge in [-0.05, 0) is 17.7 Å². The summed E-state index contributed by atoms with van der Waals surface area (Å²) in [5, 5.41) is 9.89. The number of aliphatic hydroxyl groups is 1. The molecule has 2 nitrogen and oxygen atoms in total. The molecule has 3 heteroatoms. The Morgan fingerprint density at radius 1 is 1.36 bits per heavy atom. The van der Waals surface area contributed by atoms with Crippen molar-refractivity contribution in [3.05, 3.63) is 34.3 Å². The van der Waals surface area contributed by atoms with Crippen molar-refractivity contribution in [1.82, 2.24) is 0 Å². The van der Waals surface area contributed by atoms with Gasteiger partial charge in [-0.3, -0.25) is 0 Å². The van der Waals surface area contributed by atoms with Crippen LogP contribution in [-0.2, 0) is 4.79 Å². The molecule has 1 aromatic rings. The zero-order valence-electron chi connectivity index (χ0n) is 8.20. The highest BCUT2D eigenvalue weighted by Crippen LogP contribution is 2.31. The smallest absolute Gasteiger partial charge is 0.128 e. The quantitative estimate of drug-likeness (QED) is 0.845. The maximum Gasteiger partial charge on any atom is 0.128 e. The molecule has 0 aromatic heterocycles. The summed E-state index contributed by atoms with van der Waals surface area (Å²) in [7, 11) is 0. The molecule has 0 aliphatic heterocycles.